The number of morpholine rings is 1. The first-order chi connectivity index (χ1) is 10.5. The molecule has 1 aliphatic rings. The second-order valence-electron chi connectivity index (χ2n) is 4.86. The summed E-state index contributed by atoms with van der Waals surface area (Å²) in [6.07, 6.45) is 0. The van der Waals surface area contributed by atoms with E-state index in [1.54, 1.807) is 38.4 Å². The van der Waals surface area contributed by atoms with Gasteiger partial charge in [0, 0.05) is 26.7 Å². The molecule has 2 rings (SSSR count). The number of methoxy groups -OCH3 is 1. The molecule has 1 aromatic rings. The molecule has 1 heterocycles. The van der Waals surface area contributed by atoms with Crippen LogP contribution in [0.1, 0.15) is 0 Å². The van der Waals surface area contributed by atoms with Gasteiger partial charge < -0.3 is 14.2 Å². The Labute approximate surface area is 131 Å². The number of rotatable bonds is 7. The Bertz CT molecular complexity index is 555. The van der Waals surface area contributed by atoms with E-state index in [1.807, 2.05) is 0 Å². The molecule has 22 heavy (non-hydrogen) atoms. The van der Waals surface area contributed by atoms with Crippen molar-refractivity contribution in [2.24, 2.45) is 0 Å². The Hall–Kier alpha value is -1.35. The van der Waals surface area contributed by atoms with Crippen molar-refractivity contribution in [1.82, 2.24) is 8.61 Å². The van der Waals surface area contributed by atoms with Gasteiger partial charge in [-0.2, -0.15) is 17.0 Å². The summed E-state index contributed by atoms with van der Waals surface area (Å²) >= 11 is 0. The Balaban J connectivity index is 1.82. The van der Waals surface area contributed by atoms with Crippen molar-refractivity contribution < 1.29 is 22.6 Å². The number of likely N-dealkylation sites (N-methyl/N-ethyl adjacent to an activating group) is 1. The van der Waals surface area contributed by atoms with E-state index in [1.165, 1.54) is 8.61 Å². The van der Waals surface area contributed by atoms with E-state index in [0.717, 1.165) is 5.75 Å². The summed E-state index contributed by atoms with van der Waals surface area (Å²) in [6.45, 7) is 2.24. The smallest absolute Gasteiger partial charge is 0.281 e. The molecule has 0 aliphatic carbocycles. The summed E-state index contributed by atoms with van der Waals surface area (Å²) in [7, 11) is -0.284. The zero-order valence-electron chi connectivity index (χ0n) is 12.9. The molecule has 1 aliphatic heterocycles. The van der Waals surface area contributed by atoms with E-state index >= 15 is 0 Å². The van der Waals surface area contributed by atoms with Gasteiger partial charge in [0.05, 0.1) is 20.3 Å². The first-order valence-electron chi connectivity index (χ1n) is 7.10. The molecule has 0 saturated carbocycles. The summed E-state index contributed by atoms with van der Waals surface area (Å²) in [4.78, 5) is 0. The van der Waals surface area contributed by atoms with Crippen LogP contribution in [0.2, 0.25) is 0 Å². The van der Waals surface area contributed by atoms with Gasteiger partial charge in [0.2, 0.25) is 0 Å². The number of ether oxygens (including phenoxy) is 3. The van der Waals surface area contributed by atoms with Crippen LogP contribution in [-0.2, 0) is 14.9 Å². The Morgan fingerprint density at radius 2 is 1.77 bits per heavy atom. The highest BCUT2D eigenvalue weighted by Crippen LogP contribution is 2.17. The van der Waals surface area contributed by atoms with E-state index in [9.17, 15) is 8.42 Å². The van der Waals surface area contributed by atoms with Crippen molar-refractivity contribution in [3.05, 3.63) is 24.3 Å². The molecule has 0 bridgehead atoms. The van der Waals surface area contributed by atoms with Crippen molar-refractivity contribution in [3.63, 3.8) is 0 Å². The summed E-state index contributed by atoms with van der Waals surface area (Å²) in [5.74, 6) is 1.43. The van der Waals surface area contributed by atoms with Gasteiger partial charge in [0.15, 0.2) is 0 Å². The molecule has 8 heteroatoms. The van der Waals surface area contributed by atoms with E-state index < -0.39 is 10.2 Å². The lowest BCUT2D eigenvalue weighted by Gasteiger charge is -2.30. The van der Waals surface area contributed by atoms with Crippen LogP contribution in [0.4, 0.5) is 0 Å². The van der Waals surface area contributed by atoms with Crippen LogP contribution in [0.15, 0.2) is 24.3 Å². The fourth-order valence-electron chi connectivity index (χ4n) is 2.05. The van der Waals surface area contributed by atoms with Crippen molar-refractivity contribution >= 4 is 10.2 Å². The average Bonchev–Trinajstić information content (AvgIpc) is 2.56. The van der Waals surface area contributed by atoms with Crippen molar-refractivity contribution in [2.75, 3.05) is 53.6 Å². The van der Waals surface area contributed by atoms with E-state index in [4.69, 9.17) is 14.2 Å². The molecule has 0 N–H and O–H groups in total. The van der Waals surface area contributed by atoms with Crippen LogP contribution in [-0.4, -0.2) is 70.6 Å². The summed E-state index contributed by atoms with van der Waals surface area (Å²) in [5.41, 5.74) is 0. The third-order valence-electron chi connectivity index (χ3n) is 3.42. The lowest BCUT2D eigenvalue weighted by atomic mass is 10.3. The molecule has 7 nitrogen and oxygen atoms in total. The van der Waals surface area contributed by atoms with Crippen LogP contribution < -0.4 is 9.47 Å². The molecule has 0 spiro atoms. The van der Waals surface area contributed by atoms with Gasteiger partial charge in [0.1, 0.15) is 18.1 Å². The minimum atomic E-state index is -3.44. The first kappa shape index (κ1) is 17.0. The van der Waals surface area contributed by atoms with Gasteiger partial charge in [-0.3, -0.25) is 0 Å². The highest BCUT2D eigenvalue weighted by atomic mass is 32.2. The van der Waals surface area contributed by atoms with Crippen LogP contribution in [0.3, 0.4) is 0 Å². The molecule has 0 aromatic heterocycles. The lowest BCUT2D eigenvalue weighted by molar-refractivity contribution is 0.0704. The van der Waals surface area contributed by atoms with Gasteiger partial charge in [-0.15, -0.1) is 0 Å². The maximum absolute atomic E-state index is 12.3. The van der Waals surface area contributed by atoms with Crippen molar-refractivity contribution in [3.8, 4) is 11.5 Å². The normalized spacial score (nSPS) is 16.7. The van der Waals surface area contributed by atoms with Gasteiger partial charge in [0.25, 0.3) is 10.2 Å². The molecule has 0 amide bonds. The van der Waals surface area contributed by atoms with E-state index in [-0.39, 0.29) is 13.2 Å². The van der Waals surface area contributed by atoms with Crippen LogP contribution in [0.25, 0.3) is 0 Å². The molecular weight excluding hydrogens is 308 g/mol. The van der Waals surface area contributed by atoms with Gasteiger partial charge in [-0.25, -0.2) is 0 Å². The standard InChI is InChI=1S/C14H22N2O5S/c1-15(22(17,18)16-8-10-20-11-9-16)7-12-21-14-5-3-13(19-2)4-6-14/h3-6H,7-12H2,1-2H3. The van der Waals surface area contributed by atoms with Crippen LogP contribution in [0, 0.1) is 0 Å². The number of hydrogen-bond acceptors (Lipinski definition) is 5. The fourth-order valence-corrected chi connectivity index (χ4v) is 3.36. The van der Waals surface area contributed by atoms with E-state index in [2.05, 4.69) is 0 Å². The summed E-state index contributed by atoms with van der Waals surface area (Å²) < 4.78 is 43.2. The summed E-state index contributed by atoms with van der Waals surface area (Å²) in [6, 6.07) is 7.16. The summed E-state index contributed by atoms with van der Waals surface area (Å²) in [5, 5.41) is 0. The predicted octanol–water partition coefficient (Wildman–Crippen LogP) is 0.583. The van der Waals surface area contributed by atoms with Gasteiger partial charge in [-0.05, 0) is 24.3 Å². The minimum Gasteiger partial charge on any atom is -0.497 e. The monoisotopic (exact) mass is 330 g/mol. The molecular formula is C14H22N2O5S. The maximum atomic E-state index is 12.3. The van der Waals surface area contributed by atoms with Crippen LogP contribution in [0.5, 0.6) is 11.5 Å². The largest absolute Gasteiger partial charge is 0.497 e. The van der Waals surface area contributed by atoms with Crippen molar-refractivity contribution in [2.45, 2.75) is 0 Å². The lowest BCUT2D eigenvalue weighted by Crippen LogP contribution is -2.48. The minimum absolute atomic E-state index is 0.283. The fraction of sp³-hybridized carbons (Fsp3) is 0.571. The quantitative estimate of drug-likeness (QED) is 0.732. The Morgan fingerprint density at radius 1 is 1.18 bits per heavy atom. The Morgan fingerprint density at radius 3 is 2.36 bits per heavy atom. The molecule has 0 radical (unpaired) electrons. The third kappa shape index (κ3) is 4.33. The van der Waals surface area contributed by atoms with Gasteiger partial charge in [-0.1, -0.05) is 0 Å². The molecule has 0 unspecified atom stereocenters. The Kier molecular flexibility index (Phi) is 6.01. The zero-order valence-corrected chi connectivity index (χ0v) is 13.7. The van der Waals surface area contributed by atoms with Gasteiger partial charge >= 0.3 is 0 Å². The molecule has 0 atom stereocenters. The molecule has 124 valence electrons. The third-order valence-corrected chi connectivity index (χ3v) is 5.41. The van der Waals surface area contributed by atoms with Crippen molar-refractivity contribution in [1.29, 1.82) is 0 Å². The molecule has 1 fully saturated rings. The predicted molar refractivity (Wildman–Crippen MR) is 82.4 cm³/mol. The highest BCUT2D eigenvalue weighted by molar-refractivity contribution is 7.86. The zero-order chi connectivity index (χ0) is 16.0. The first-order valence-corrected chi connectivity index (χ1v) is 8.50. The maximum Gasteiger partial charge on any atom is 0.281 e. The number of benzene rings is 1. The molecule has 1 saturated heterocycles. The number of hydrogen-bond donors (Lipinski definition) is 0. The SMILES string of the molecule is COc1ccc(OCCN(C)S(=O)(=O)N2CCOCC2)cc1. The second kappa shape index (κ2) is 7.77. The molecule has 1 aromatic carbocycles. The highest BCUT2D eigenvalue weighted by Gasteiger charge is 2.28. The topological polar surface area (TPSA) is 68.3 Å². The number of nitrogens with zero attached hydrogens (tertiary/aromatic N) is 2. The second-order valence-corrected chi connectivity index (χ2v) is 6.90. The average molecular weight is 330 g/mol. The van der Waals surface area contributed by atoms with Crippen LogP contribution >= 0.6 is 0 Å². The van der Waals surface area contributed by atoms with E-state index in [0.29, 0.717) is 32.1 Å².